The third-order valence-corrected chi connectivity index (χ3v) is 2.89. The van der Waals surface area contributed by atoms with Gasteiger partial charge in [0.1, 0.15) is 11.6 Å². The molecule has 1 aromatic heterocycles. The van der Waals surface area contributed by atoms with Crippen LogP contribution in [0.3, 0.4) is 0 Å². The van der Waals surface area contributed by atoms with Crippen LogP contribution < -0.4 is 16.2 Å². The Bertz CT molecular complexity index is 468. The van der Waals surface area contributed by atoms with Crippen molar-refractivity contribution in [3.8, 4) is 0 Å². The first-order valence-electron chi connectivity index (χ1n) is 6.19. The average Bonchev–Trinajstić information content (AvgIpc) is 2.62. The van der Waals surface area contributed by atoms with E-state index in [2.05, 4.69) is 15.4 Å². The van der Waals surface area contributed by atoms with E-state index in [-0.39, 0.29) is 17.7 Å². The second kappa shape index (κ2) is 5.80. The Morgan fingerprint density at radius 1 is 1.45 bits per heavy atom. The van der Waals surface area contributed by atoms with Crippen LogP contribution in [0.15, 0.2) is 6.07 Å². The summed E-state index contributed by atoms with van der Waals surface area (Å²) in [6.45, 7) is 3.49. The van der Waals surface area contributed by atoms with Crippen LogP contribution in [0.5, 0.6) is 0 Å². The number of nitrogens with one attached hydrogen (secondary N) is 1. The average molecular weight is 291 g/mol. The summed E-state index contributed by atoms with van der Waals surface area (Å²) >= 11 is 0. The number of ether oxygens (including phenoxy) is 1. The Labute approximate surface area is 114 Å². The van der Waals surface area contributed by atoms with Gasteiger partial charge in [0.15, 0.2) is 0 Å². The van der Waals surface area contributed by atoms with E-state index in [1.165, 1.54) is 6.07 Å². The number of hydrogen-bond donors (Lipinski definition) is 2. The summed E-state index contributed by atoms with van der Waals surface area (Å²) in [7, 11) is 0. The molecule has 0 spiro atoms. The number of nitrogens with two attached hydrogens (primary N) is 1. The van der Waals surface area contributed by atoms with Crippen LogP contribution in [-0.2, 0) is 10.9 Å². The Balaban J connectivity index is 2.34. The minimum atomic E-state index is -4.62. The molecule has 2 rings (SSSR count). The van der Waals surface area contributed by atoms with Gasteiger partial charge in [0.2, 0.25) is 5.82 Å². The van der Waals surface area contributed by atoms with Crippen molar-refractivity contribution in [2.24, 2.45) is 5.84 Å². The molecule has 3 N–H and O–H groups in total. The van der Waals surface area contributed by atoms with Gasteiger partial charge in [0.25, 0.3) is 0 Å². The molecule has 0 radical (unpaired) electrons. The molecule has 112 valence electrons. The van der Waals surface area contributed by atoms with E-state index in [1.807, 2.05) is 6.92 Å². The number of hydrazine groups is 1. The molecule has 0 aromatic carbocycles. The van der Waals surface area contributed by atoms with Gasteiger partial charge in [-0.2, -0.15) is 13.2 Å². The topological polar surface area (TPSA) is 76.3 Å². The SMILES string of the molecule is CC1CN(c2cc(NN)nc(C(F)(F)F)n2)CCCO1. The third-order valence-electron chi connectivity index (χ3n) is 2.89. The maximum Gasteiger partial charge on any atom is 0.451 e. The van der Waals surface area contributed by atoms with Crippen molar-refractivity contribution in [3.05, 3.63) is 11.9 Å². The maximum atomic E-state index is 12.8. The Hall–Kier alpha value is -1.61. The molecular weight excluding hydrogens is 275 g/mol. The minimum absolute atomic E-state index is 0.0693. The molecule has 1 aliphatic heterocycles. The number of anilines is 2. The van der Waals surface area contributed by atoms with Crippen molar-refractivity contribution in [3.63, 3.8) is 0 Å². The van der Waals surface area contributed by atoms with Crippen LogP contribution in [0, 0.1) is 0 Å². The molecule has 9 heteroatoms. The van der Waals surface area contributed by atoms with Crippen molar-refractivity contribution < 1.29 is 17.9 Å². The Morgan fingerprint density at radius 2 is 2.20 bits per heavy atom. The lowest BCUT2D eigenvalue weighted by molar-refractivity contribution is -0.144. The van der Waals surface area contributed by atoms with Gasteiger partial charge in [-0.25, -0.2) is 15.8 Å². The fraction of sp³-hybridized carbons (Fsp3) is 0.636. The van der Waals surface area contributed by atoms with E-state index in [0.29, 0.717) is 19.7 Å². The highest BCUT2D eigenvalue weighted by atomic mass is 19.4. The standard InChI is InChI=1S/C11H16F3N5O/c1-7-6-19(3-2-4-20-7)9-5-8(18-15)16-10(17-9)11(12,13)14/h5,7H,2-4,6,15H2,1H3,(H,16,17,18). The highest BCUT2D eigenvalue weighted by Crippen LogP contribution is 2.29. The van der Waals surface area contributed by atoms with Gasteiger partial charge >= 0.3 is 6.18 Å². The number of aromatic nitrogens is 2. The van der Waals surface area contributed by atoms with E-state index in [1.54, 1.807) is 4.90 Å². The van der Waals surface area contributed by atoms with Gasteiger partial charge in [-0.1, -0.05) is 0 Å². The van der Waals surface area contributed by atoms with E-state index in [4.69, 9.17) is 10.6 Å². The highest BCUT2D eigenvalue weighted by Gasteiger charge is 2.36. The highest BCUT2D eigenvalue weighted by molar-refractivity contribution is 5.49. The van der Waals surface area contributed by atoms with Crippen molar-refractivity contribution in [1.82, 2.24) is 9.97 Å². The van der Waals surface area contributed by atoms with Crippen LogP contribution in [0.1, 0.15) is 19.2 Å². The molecule has 1 aromatic rings. The molecular formula is C11H16F3N5O. The van der Waals surface area contributed by atoms with Crippen LogP contribution in [0.4, 0.5) is 24.8 Å². The van der Waals surface area contributed by atoms with Crippen molar-refractivity contribution >= 4 is 11.6 Å². The van der Waals surface area contributed by atoms with E-state index in [0.717, 1.165) is 6.42 Å². The molecule has 0 aliphatic carbocycles. The first-order valence-corrected chi connectivity index (χ1v) is 6.19. The molecule has 1 aliphatic rings. The minimum Gasteiger partial charge on any atom is -0.377 e. The number of alkyl halides is 3. The zero-order valence-electron chi connectivity index (χ0n) is 10.9. The number of nitrogens with zero attached hydrogens (tertiary/aromatic N) is 3. The second-order valence-electron chi connectivity index (χ2n) is 4.56. The zero-order chi connectivity index (χ0) is 14.8. The third kappa shape index (κ3) is 3.48. The fourth-order valence-corrected chi connectivity index (χ4v) is 2.00. The first kappa shape index (κ1) is 14.8. The van der Waals surface area contributed by atoms with E-state index >= 15 is 0 Å². The van der Waals surface area contributed by atoms with Crippen LogP contribution in [-0.4, -0.2) is 35.8 Å². The molecule has 0 amide bonds. The lowest BCUT2D eigenvalue weighted by atomic mass is 10.3. The van der Waals surface area contributed by atoms with Gasteiger partial charge in [0.05, 0.1) is 6.10 Å². The van der Waals surface area contributed by atoms with Gasteiger partial charge in [-0.3, -0.25) is 0 Å². The monoisotopic (exact) mass is 291 g/mol. The Morgan fingerprint density at radius 3 is 2.85 bits per heavy atom. The van der Waals surface area contributed by atoms with Gasteiger partial charge in [-0.15, -0.1) is 0 Å². The number of rotatable bonds is 2. The summed E-state index contributed by atoms with van der Waals surface area (Å²) in [6, 6.07) is 1.40. The maximum absolute atomic E-state index is 12.8. The van der Waals surface area contributed by atoms with Crippen molar-refractivity contribution in [2.45, 2.75) is 25.6 Å². The number of hydrogen-bond acceptors (Lipinski definition) is 6. The second-order valence-corrected chi connectivity index (χ2v) is 4.56. The normalized spacial score (nSPS) is 20.6. The summed E-state index contributed by atoms with van der Waals surface area (Å²) in [5.74, 6) is 4.08. The number of halogens is 3. The predicted octanol–water partition coefficient (Wildman–Crippen LogP) is 1.40. The first-order chi connectivity index (χ1) is 9.40. The zero-order valence-corrected chi connectivity index (χ0v) is 10.9. The van der Waals surface area contributed by atoms with Gasteiger partial charge < -0.3 is 15.1 Å². The van der Waals surface area contributed by atoms with Crippen LogP contribution in [0.2, 0.25) is 0 Å². The summed E-state index contributed by atoms with van der Waals surface area (Å²) in [5, 5.41) is 0. The summed E-state index contributed by atoms with van der Waals surface area (Å²) < 4.78 is 43.8. The van der Waals surface area contributed by atoms with Crippen LogP contribution in [0.25, 0.3) is 0 Å². The largest absolute Gasteiger partial charge is 0.451 e. The predicted molar refractivity (Wildman–Crippen MR) is 67.1 cm³/mol. The van der Waals surface area contributed by atoms with Crippen molar-refractivity contribution in [2.75, 3.05) is 30.0 Å². The van der Waals surface area contributed by atoms with Crippen LogP contribution >= 0.6 is 0 Å². The summed E-state index contributed by atoms with van der Waals surface area (Å²) in [4.78, 5) is 8.67. The van der Waals surface area contributed by atoms with Gasteiger partial charge in [0, 0.05) is 25.8 Å². The summed E-state index contributed by atoms with van der Waals surface area (Å²) in [5.41, 5.74) is 2.14. The molecule has 0 saturated carbocycles. The number of nitrogen functional groups attached to an aromatic ring is 1. The molecule has 0 bridgehead atoms. The summed E-state index contributed by atoms with van der Waals surface area (Å²) in [6.07, 6.45) is -3.97. The molecule has 1 saturated heterocycles. The molecule has 6 nitrogen and oxygen atoms in total. The lowest BCUT2D eigenvalue weighted by Crippen LogP contribution is -2.32. The van der Waals surface area contributed by atoms with Gasteiger partial charge in [-0.05, 0) is 13.3 Å². The molecule has 1 unspecified atom stereocenters. The molecule has 1 atom stereocenters. The molecule has 2 heterocycles. The quantitative estimate of drug-likeness (QED) is 0.633. The van der Waals surface area contributed by atoms with E-state index < -0.39 is 12.0 Å². The van der Waals surface area contributed by atoms with Crippen molar-refractivity contribution in [1.29, 1.82) is 0 Å². The Kier molecular flexibility index (Phi) is 4.29. The smallest absolute Gasteiger partial charge is 0.377 e. The molecule has 1 fully saturated rings. The fourth-order valence-electron chi connectivity index (χ4n) is 2.00. The lowest BCUT2D eigenvalue weighted by Gasteiger charge is -2.24. The van der Waals surface area contributed by atoms with E-state index in [9.17, 15) is 13.2 Å². The molecule has 20 heavy (non-hydrogen) atoms.